The van der Waals surface area contributed by atoms with E-state index in [9.17, 15) is 4.21 Å². The standard InChI is InChI=1S/C9H6BrClN2OS2/c10-7-2-1-6(3-8(7)11)16(14)13-9-4-15-5-12-9/h1-5,13H. The third-order valence-electron chi connectivity index (χ3n) is 1.73. The topological polar surface area (TPSA) is 42.0 Å². The second-order valence-electron chi connectivity index (χ2n) is 2.82. The first-order valence-electron chi connectivity index (χ1n) is 4.18. The summed E-state index contributed by atoms with van der Waals surface area (Å²) >= 11 is 10.6. The number of benzene rings is 1. The molecule has 0 fully saturated rings. The highest BCUT2D eigenvalue weighted by atomic mass is 79.9. The summed E-state index contributed by atoms with van der Waals surface area (Å²) in [5, 5.41) is 2.32. The van der Waals surface area contributed by atoms with E-state index in [1.807, 2.05) is 0 Å². The Balaban J connectivity index is 2.18. The highest BCUT2D eigenvalue weighted by molar-refractivity contribution is 9.10. The van der Waals surface area contributed by atoms with Gasteiger partial charge in [0.15, 0.2) is 11.0 Å². The predicted molar refractivity (Wildman–Crippen MR) is 71.3 cm³/mol. The number of rotatable bonds is 3. The number of aromatic nitrogens is 1. The van der Waals surface area contributed by atoms with E-state index in [0.29, 0.717) is 15.7 Å². The molecule has 84 valence electrons. The van der Waals surface area contributed by atoms with Crippen LogP contribution in [-0.2, 0) is 11.0 Å². The van der Waals surface area contributed by atoms with Crippen LogP contribution in [0.1, 0.15) is 0 Å². The quantitative estimate of drug-likeness (QED) is 0.928. The Hall–Kier alpha value is -0.430. The molecule has 0 aliphatic heterocycles. The lowest BCUT2D eigenvalue weighted by atomic mass is 10.4. The molecule has 16 heavy (non-hydrogen) atoms. The Labute approximate surface area is 113 Å². The van der Waals surface area contributed by atoms with Crippen molar-refractivity contribution in [3.63, 3.8) is 0 Å². The van der Waals surface area contributed by atoms with E-state index in [4.69, 9.17) is 11.6 Å². The third-order valence-corrected chi connectivity index (χ3v) is 4.63. The van der Waals surface area contributed by atoms with Gasteiger partial charge in [0.1, 0.15) is 5.82 Å². The summed E-state index contributed by atoms with van der Waals surface area (Å²) in [5.74, 6) is 0.599. The van der Waals surface area contributed by atoms with Crippen molar-refractivity contribution in [2.45, 2.75) is 4.90 Å². The zero-order valence-electron chi connectivity index (χ0n) is 7.81. The van der Waals surface area contributed by atoms with Crippen molar-refractivity contribution in [1.29, 1.82) is 0 Å². The average Bonchev–Trinajstić information content (AvgIpc) is 2.74. The van der Waals surface area contributed by atoms with E-state index in [1.54, 1.807) is 29.1 Å². The molecule has 0 saturated carbocycles. The van der Waals surface area contributed by atoms with E-state index in [2.05, 4.69) is 25.6 Å². The zero-order valence-corrected chi connectivity index (χ0v) is 11.8. The van der Waals surface area contributed by atoms with Crippen molar-refractivity contribution in [1.82, 2.24) is 4.98 Å². The Bertz CT molecular complexity index is 518. The highest BCUT2D eigenvalue weighted by Gasteiger charge is 2.07. The predicted octanol–water partition coefficient (Wildman–Crippen LogP) is 3.69. The lowest BCUT2D eigenvalue weighted by Gasteiger charge is -2.04. The highest BCUT2D eigenvalue weighted by Crippen LogP contribution is 2.25. The number of nitrogens with one attached hydrogen (secondary N) is 1. The van der Waals surface area contributed by atoms with Gasteiger partial charge in [-0.05, 0) is 34.1 Å². The molecule has 0 aliphatic rings. The lowest BCUT2D eigenvalue weighted by Crippen LogP contribution is -2.04. The van der Waals surface area contributed by atoms with Crippen LogP contribution in [0.2, 0.25) is 5.02 Å². The molecule has 0 bridgehead atoms. The van der Waals surface area contributed by atoms with Gasteiger partial charge < -0.3 is 0 Å². The van der Waals surface area contributed by atoms with Gasteiger partial charge in [-0.15, -0.1) is 11.3 Å². The minimum absolute atomic E-state index is 0.533. The molecule has 2 aromatic rings. The summed E-state index contributed by atoms with van der Waals surface area (Å²) in [5.41, 5.74) is 1.67. The van der Waals surface area contributed by atoms with Crippen LogP contribution in [0.4, 0.5) is 5.82 Å². The van der Waals surface area contributed by atoms with Crippen LogP contribution >= 0.6 is 38.9 Å². The number of nitrogens with zero attached hydrogens (tertiary/aromatic N) is 1. The van der Waals surface area contributed by atoms with E-state index in [-0.39, 0.29) is 0 Å². The molecule has 2 rings (SSSR count). The number of hydrogen-bond donors (Lipinski definition) is 1. The second kappa shape index (κ2) is 5.27. The molecule has 0 radical (unpaired) electrons. The van der Waals surface area contributed by atoms with Gasteiger partial charge in [0.25, 0.3) is 0 Å². The molecular formula is C9H6BrClN2OS2. The average molecular weight is 338 g/mol. The second-order valence-corrected chi connectivity index (χ2v) is 6.01. The van der Waals surface area contributed by atoms with Crippen LogP contribution in [0.15, 0.2) is 38.5 Å². The van der Waals surface area contributed by atoms with Crippen LogP contribution < -0.4 is 4.72 Å². The lowest BCUT2D eigenvalue weighted by molar-refractivity contribution is 0.686. The molecule has 1 N–H and O–H groups in total. The first-order chi connectivity index (χ1) is 7.66. The molecule has 0 amide bonds. The van der Waals surface area contributed by atoms with Gasteiger partial charge in [-0.1, -0.05) is 11.6 Å². The van der Waals surface area contributed by atoms with Gasteiger partial charge in [0, 0.05) is 9.85 Å². The van der Waals surface area contributed by atoms with Crippen molar-refractivity contribution in [2.24, 2.45) is 0 Å². The zero-order chi connectivity index (χ0) is 11.5. The fourth-order valence-electron chi connectivity index (χ4n) is 1.01. The molecule has 3 nitrogen and oxygen atoms in total. The molecule has 1 aromatic heterocycles. The molecule has 7 heteroatoms. The smallest absolute Gasteiger partial charge is 0.151 e. The van der Waals surface area contributed by atoms with Crippen molar-refractivity contribution in [3.8, 4) is 0 Å². The first-order valence-corrected chi connectivity index (χ1v) is 7.45. The van der Waals surface area contributed by atoms with E-state index >= 15 is 0 Å². The van der Waals surface area contributed by atoms with Crippen LogP contribution in [0.3, 0.4) is 0 Å². The fraction of sp³-hybridized carbons (Fsp3) is 0. The van der Waals surface area contributed by atoms with Crippen molar-refractivity contribution < 1.29 is 4.21 Å². The van der Waals surface area contributed by atoms with E-state index in [1.165, 1.54) is 11.3 Å². The Kier molecular flexibility index (Phi) is 3.96. The van der Waals surface area contributed by atoms with Crippen molar-refractivity contribution in [3.05, 3.63) is 38.6 Å². The van der Waals surface area contributed by atoms with E-state index in [0.717, 1.165) is 4.47 Å². The molecule has 0 saturated heterocycles. The summed E-state index contributed by atoms with van der Waals surface area (Å²) < 4.78 is 15.4. The SMILES string of the molecule is O=S(Nc1cscn1)c1ccc(Br)c(Cl)c1. The van der Waals surface area contributed by atoms with Gasteiger partial charge >= 0.3 is 0 Å². The van der Waals surface area contributed by atoms with Gasteiger partial charge in [-0.25, -0.2) is 9.19 Å². The van der Waals surface area contributed by atoms with Crippen LogP contribution in [0, 0.1) is 0 Å². The van der Waals surface area contributed by atoms with Crippen LogP contribution in [0.25, 0.3) is 0 Å². The largest absolute Gasteiger partial charge is 0.285 e. The number of thiazole rings is 1. The minimum Gasteiger partial charge on any atom is -0.285 e. The molecule has 1 aromatic carbocycles. The van der Waals surface area contributed by atoms with Gasteiger partial charge in [0.05, 0.1) is 15.4 Å². The maximum atomic E-state index is 11.9. The van der Waals surface area contributed by atoms with Gasteiger partial charge in [0.2, 0.25) is 0 Å². The summed E-state index contributed by atoms with van der Waals surface area (Å²) in [6, 6.07) is 5.16. The van der Waals surface area contributed by atoms with Gasteiger partial charge in [-0.2, -0.15) is 0 Å². The molecule has 0 spiro atoms. The minimum atomic E-state index is -1.34. The van der Waals surface area contributed by atoms with Crippen molar-refractivity contribution in [2.75, 3.05) is 4.72 Å². The summed E-state index contributed by atoms with van der Waals surface area (Å²) in [6.07, 6.45) is 0. The van der Waals surface area contributed by atoms with Crippen LogP contribution in [0.5, 0.6) is 0 Å². The number of hydrogen-bond acceptors (Lipinski definition) is 3. The Morgan fingerprint density at radius 2 is 2.31 bits per heavy atom. The summed E-state index contributed by atoms with van der Waals surface area (Å²) in [4.78, 5) is 4.61. The third kappa shape index (κ3) is 2.82. The Morgan fingerprint density at radius 1 is 1.50 bits per heavy atom. The summed E-state index contributed by atoms with van der Waals surface area (Å²) in [6.45, 7) is 0. The maximum Gasteiger partial charge on any atom is 0.151 e. The van der Waals surface area contributed by atoms with E-state index < -0.39 is 11.0 Å². The molecule has 0 aliphatic carbocycles. The van der Waals surface area contributed by atoms with Crippen LogP contribution in [-0.4, -0.2) is 9.19 Å². The normalized spacial score (nSPS) is 12.4. The summed E-state index contributed by atoms with van der Waals surface area (Å²) in [7, 11) is -1.34. The molecule has 1 unspecified atom stereocenters. The molecular weight excluding hydrogens is 332 g/mol. The Morgan fingerprint density at radius 3 is 2.94 bits per heavy atom. The molecule has 1 heterocycles. The first kappa shape index (κ1) is 12.0. The monoisotopic (exact) mass is 336 g/mol. The number of anilines is 1. The number of halogens is 2. The van der Waals surface area contributed by atoms with Crippen molar-refractivity contribution >= 4 is 55.7 Å². The molecule has 1 atom stereocenters. The maximum absolute atomic E-state index is 11.9. The fourth-order valence-corrected chi connectivity index (χ4v) is 2.90. The van der Waals surface area contributed by atoms with Gasteiger partial charge in [-0.3, -0.25) is 4.72 Å².